The van der Waals surface area contributed by atoms with Crippen LogP contribution >= 0.6 is 0 Å². The zero-order valence-corrected chi connectivity index (χ0v) is 19.3. The molecule has 0 spiro atoms. The van der Waals surface area contributed by atoms with Crippen LogP contribution in [0.5, 0.6) is 0 Å². The summed E-state index contributed by atoms with van der Waals surface area (Å²) in [5, 5.41) is 11.2. The molecule has 5 nitrogen and oxygen atoms in total. The number of likely N-dealkylation sites (tertiary alicyclic amines) is 1. The maximum atomic E-state index is 13.1. The minimum Gasteiger partial charge on any atom is -0.507 e. The average Bonchev–Trinajstić information content (AvgIpc) is 2.98. The number of carbonyl (C=O) groups is 2. The molecule has 1 N–H and O–H groups in total. The van der Waals surface area contributed by atoms with Crippen molar-refractivity contribution in [1.82, 2.24) is 9.80 Å². The molecule has 2 aromatic rings. The first-order chi connectivity index (χ1) is 14.6. The highest BCUT2D eigenvalue weighted by molar-refractivity contribution is 6.46. The first kappa shape index (κ1) is 22.8. The Morgan fingerprint density at radius 3 is 2.23 bits per heavy atom. The van der Waals surface area contributed by atoms with Crippen molar-refractivity contribution in [2.45, 2.75) is 39.7 Å². The van der Waals surface area contributed by atoms with Crippen LogP contribution in [-0.2, 0) is 9.59 Å². The van der Waals surface area contributed by atoms with Crippen LogP contribution in [-0.4, -0.2) is 53.8 Å². The van der Waals surface area contributed by atoms with Crippen LogP contribution in [0.25, 0.3) is 5.76 Å². The van der Waals surface area contributed by atoms with Gasteiger partial charge in [-0.05, 0) is 62.2 Å². The van der Waals surface area contributed by atoms with E-state index in [1.54, 1.807) is 11.0 Å². The molecule has 1 aliphatic heterocycles. The standard InChI is InChI=1S/C26H32N2O3/c1-16(2)19-9-11-20(12-10-19)23-22(24(29)21-8-7-17(3)18(4)15-21)25(30)26(31)28(23)14-13-27(5)6/h7-12,15-16,23,29H,13-14H2,1-6H3/b24-22-. The van der Waals surface area contributed by atoms with Crippen LogP contribution in [0.3, 0.4) is 0 Å². The third-order valence-electron chi connectivity index (χ3n) is 6.03. The molecule has 1 fully saturated rings. The van der Waals surface area contributed by atoms with Crippen molar-refractivity contribution in [3.8, 4) is 0 Å². The van der Waals surface area contributed by atoms with Gasteiger partial charge >= 0.3 is 0 Å². The number of hydrogen-bond donors (Lipinski definition) is 1. The van der Waals surface area contributed by atoms with Gasteiger partial charge in [-0.1, -0.05) is 50.2 Å². The van der Waals surface area contributed by atoms with E-state index in [1.165, 1.54) is 5.56 Å². The van der Waals surface area contributed by atoms with E-state index in [4.69, 9.17) is 0 Å². The van der Waals surface area contributed by atoms with Crippen molar-refractivity contribution in [2.75, 3.05) is 27.2 Å². The molecule has 1 saturated heterocycles. The summed E-state index contributed by atoms with van der Waals surface area (Å²) in [7, 11) is 3.86. The minimum absolute atomic E-state index is 0.119. The van der Waals surface area contributed by atoms with Crippen LogP contribution in [0.1, 0.15) is 53.6 Å². The molecule has 0 aromatic heterocycles. The molecule has 1 heterocycles. The quantitative estimate of drug-likeness (QED) is 0.427. The molecular weight excluding hydrogens is 388 g/mol. The minimum atomic E-state index is -0.632. The SMILES string of the molecule is Cc1ccc(/C(O)=C2/C(=O)C(=O)N(CCN(C)C)C2c2ccc(C(C)C)cc2)cc1C. The number of aryl methyl sites for hydroxylation is 2. The third kappa shape index (κ3) is 4.57. The molecule has 0 radical (unpaired) electrons. The number of nitrogens with zero attached hydrogens (tertiary/aromatic N) is 2. The van der Waals surface area contributed by atoms with Crippen molar-refractivity contribution >= 4 is 17.4 Å². The van der Waals surface area contributed by atoms with E-state index in [0.29, 0.717) is 24.6 Å². The summed E-state index contributed by atoms with van der Waals surface area (Å²) in [6, 6.07) is 12.9. The number of hydrogen-bond acceptors (Lipinski definition) is 4. The van der Waals surface area contributed by atoms with Gasteiger partial charge < -0.3 is 14.9 Å². The molecule has 31 heavy (non-hydrogen) atoms. The van der Waals surface area contributed by atoms with Crippen molar-refractivity contribution in [3.05, 3.63) is 75.9 Å². The lowest BCUT2D eigenvalue weighted by molar-refractivity contribution is -0.140. The number of carbonyl (C=O) groups excluding carboxylic acids is 2. The summed E-state index contributed by atoms with van der Waals surface area (Å²) in [4.78, 5) is 29.6. The Morgan fingerprint density at radius 2 is 1.68 bits per heavy atom. The molecule has 0 aliphatic carbocycles. The maximum Gasteiger partial charge on any atom is 0.295 e. The second kappa shape index (κ2) is 9.06. The Labute approximate surface area is 185 Å². The fraction of sp³-hybridized carbons (Fsp3) is 0.385. The van der Waals surface area contributed by atoms with Crippen molar-refractivity contribution in [3.63, 3.8) is 0 Å². The summed E-state index contributed by atoms with van der Waals surface area (Å²) < 4.78 is 0. The monoisotopic (exact) mass is 420 g/mol. The van der Waals surface area contributed by atoms with Gasteiger partial charge in [-0.25, -0.2) is 0 Å². The zero-order valence-electron chi connectivity index (χ0n) is 19.3. The Bertz CT molecular complexity index is 1020. The first-order valence-electron chi connectivity index (χ1n) is 10.7. The van der Waals surface area contributed by atoms with E-state index in [2.05, 4.69) is 13.8 Å². The number of rotatable bonds is 6. The number of likely N-dealkylation sites (N-methyl/N-ethyl adjacent to an activating group) is 1. The van der Waals surface area contributed by atoms with Crippen LogP contribution in [0.4, 0.5) is 0 Å². The Morgan fingerprint density at radius 1 is 1.03 bits per heavy atom. The number of Topliss-reactive ketones (excluding diaryl/α,β-unsaturated/α-hetero) is 1. The number of ketones is 1. The molecule has 164 valence electrons. The van der Waals surface area contributed by atoms with Gasteiger partial charge in [0.1, 0.15) is 5.76 Å². The lowest BCUT2D eigenvalue weighted by Gasteiger charge is -2.27. The van der Waals surface area contributed by atoms with Gasteiger partial charge in [-0.3, -0.25) is 9.59 Å². The average molecular weight is 421 g/mol. The highest BCUT2D eigenvalue weighted by Gasteiger charge is 2.45. The highest BCUT2D eigenvalue weighted by Crippen LogP contribution is 2.39. The largest absolute Gasteiger partial charge is 0.507 e. The predicted octanol–water partition coefficient (Wildman–Crippen LogP) is 4.41. The summed E-state index contributed by atoms with van der Waals surface area (Å²) in [5.41, 5.74) is 4.84. The maximum absolute atomic E-state index is 13.1. The molecule has 1 aliphatic rings. The Hall–Kier alpha value is -2.92. The van der Waals surface area contributed by atoms with E-state index >= 15 is 0 Å². The fourth-order valence-electron chi connectivity index (χ4n) is 3.87. The smallest absolute Gasteiger partial charge is 0.295 e. The number of aliphatic hydroxyl groups is 1. The van der Waals surface area contributed by atoms with Crippen LogP contribution in [0.2, 0.25) is 0 Å². The lowest BCUT2D eigenvalue weighted by atomic mass is 9.92. The van der Waals surface area contributed by atoms with Crippen molar-refractivity contribution in [2.24, 2.45) is 0 Å². The number of amides is 1. The van der Waals surface area contributed by atoms with Crippen LogP contribution in [0, 0.1) is 13.8 Å². The molecule has 3 rings (SSSR count). The molecule has 5 heteroatoms. The van der Waals surface area contributed by atoms with Crippen LogP contribution in [0.15, 0.2) is 48.0 Å². The van der Waals surface area contributed by atoms with Gasteiger partial charge in [0, 0.05) is 18.7 Å². The first-order valence-corrected chi connectivity index (χ1v) is 10.7. The zero-order chi connectivity index (χ0) is 22.9. The Balaban J connectivity index is 2.15. The van der Waals surface area contributed by atoms with E-state index in [1.807, 2.05) is 69.2 Å². The van der Waals surface area contributed by atoms with Gasteiger partial charge in [0.25, 0.3) is 11.7 Å². The van der Waals surface area contributed by atoms with Crippen molar-refractivity contribution in [1.29, 1.82) is 0 Å². The molecule has 1 atom stereocenters. The van der Waals surface area contributed by atoms with Gasteiger partial charge in [0.2, 0.25) is 0 Å². The predicted molar refractivity (Wildman–Crippen MR) is 124 cm³/mol. The van der Waals surface area contributed by atoms with E-state index < -0.39 is 17.7 Å². The molecule has 1 amide bonds. The molecule has 0 bridgehead atoms. The third-order valence-corrected chi connectivity index (χ3v) is 6.03. The fourth-order valence-corrected chi connectivity index (χ4v) is 3.87. The summed E-state index contributed by atoms with van der Waals surface area (Å²) in [5.74, 6) is -0.936. The van der Waals surface area contributed by atoms with Gasteiger partial charge in [-0.2, -0.15) is 0 Å². The molecule has 0 saturated carbocycles. The van der Waals surface area contributed by atoms with E-state index in [9.17, 15) is 14.7 Å². The van der Waals surface area contributed by atoms with Crippen LogP contribution < -0.4 is 0 Å². The van der Waals surface area contributed by atoms with E-state index in [0.717, 1.165) is 16.7 Å². The second-order valence-electron chi connectivity index (χ2n) is 8.92. The summed E-state index contributed by atoms with van der Waals surface area (Å²) in [6.07, 6.45) is 0. The number of aliphatic hydroxyl groups excluding tert-OH is 1. The lowest BCUT2D eigenvalue weighted by Crippen LogP contribution is -2.35. The number of benzene rings is 2. The molecule has 2 aromatic carbocycles. The highest BCUT2D eigenvalue weighted by atomic mass is 16.3. The normalized spacial score (nSPS) is 18.5. The second-order valence-corrected chi connectivity index (χ2v) is 8.92. The van der Waals surface area contributed by atoms with Gasteiger partial charge in [0.15, 0.2) is 0 Å². The summed E-state index contributed by atoms with van der Waals surface area (Å²) >= 11 is 0. The van der Waals surface area contributed by atoms with Gasteiger partial charge in [-0.15, -0.1) is 0 Å². The molecule has 1 unspecified atom stereocenters. The summed E-state index contributed by atoms with van der Waals surface area (Å²) in [6.45, 7) is 9.23. The van der Waals surface area contributed by atoms with E-state index in [-0.39, 0.29) is 11.3 Å². The molecular formula is C26H32N2O3. The van der Waals surface area contributed by atoms with Gasteiger partial charge in [0.05, 0.1) is 11.6 Å². The Kier molecular flexibility index (Phi) is 6.65. The topological polar surface area (TPSA) is 60.9 Å². The van der Waals surface area contributed by atoms with Crippen molar-refractivity contribution < 1.29 is 14.7 Å².